The van der Waals surface area contributed by atoms with Crippen molar-refractivity contribution in [3.63, 3.8) is 0 Å². The van der Waals surface area contributed by atoms with Crippen LogP contribution >= 0.6 is 11.3 Å². The van der Waals surface area contributed by atoms with E-state index in [1.165, 1.54) is 11.3 Å². The third kappa shape index (κ3) is 3.25. The molecule has 32 heavy (non-hydrogen) atoms. The van der Waals surface area contributed by atoms with Gasteiger partial charge in [-0.3, -0.25) is 14.8 Å². The predicted molar refractivity (Wildman–Crippen MR) is 117 cm³/mol. The lowest BCUT2D eigenvalue weighted by molar-refractivity contribution is -0.122. The van der Waals surface area contributed by atoms with Gasteiger partial charge < -0.3 is 15.3 Å². The molecule has 0 spiro atoms. The highest BCUT2D eigenvalue weighted by molar-refractivity contribution is 7.09. The van der Waals surface area contributed by atoms with Gasteiger partial charge in [0.1, 0.15) is 17.5 Å². The molecule has 1 saturated carbocycles. The van der Waals surface area contributed by atoms with Crippen LogP contribution in [-0.4, -0.2) is 61.9 Å². The summed E-state index contributed by atoms with van der Waals surface area (Å²) < 4.78 is 13.8. The number of amides is 1. The number of halogens is 1. The van der Waals surface area contributed by atoms with E-state index >= 15 is 0 Å². The van der Waals surface area contributed by atoms with Gasteiger partial charge in [0, 0.05) is 36.6 Å². The summed E-state index contributed by atoms with van der Waals surface area (Å²) in [6.07, 6.45) is 3.75. The summed E-state index contributed by atoms with van der Waals surface area (Å²) in [7, 11) is 0. The summed E-state index contributed by atoms with van der Waals surface area (Å²) in [4.78, 5) is 22.7. The largest absolute Gasteiger partial charge is 0.390 e. The highest BCUT2D eigenvalue weighted by atomic mass is 32.1. The summed E-state index contributed by atoms with van der Waals surface area (Å²) in [5.74, 6) is 0.538. The van der Waals surface area contributed by atoms with Crippen LogP contribution in [0.2, 0.25) is 0 Å². The maximum absolute atomic E-state index is 13.8. The molecule has 5 rings (SSSR count). The Balaban J connectivity index is 1.40. The van der Waals surface area contributed by atoms with Crippen molar-refractivity contribution < 1.29 is 14.3 Å². The minimum Gasteiger partial charge on any atom is -0.390 e. The van der Waals surface area contributed by atoms with Crippen molar-refractivity contribution in [2.24, 2.45) is 0 Å². The molecule has 4 heterocycles. The molecule has 8 nitrogen and oxygen atoms in total. The zero-order valence-electron chi connectivity index (χ0n) is 17.3. The van der Waals surface area contributed by atoms with Gasteiger partial charge in [-0.15, -0.1) is 16.4 Å². The Kier molecular flexibility index (Phi) is 5.34. The topological polar surface area (TPSA) is 104 Å². The van der Waals surface area contributed by atoms with Gasteiger partial charge in [-0.2, -0.15) is 5.10 Å². The number of aliphatic hydroxyl groups excluding tert-OH is 1. The third-order valence-electron chi connectivity index (χ3n) is 6.61. The van der Waals surface area contributed by atoms with Crippen LogP contribution in [0.15, 0.2) is 48.2 Å². The van der Waals surface area contributed by atoms with Crippen molar-refractivity contribution in [3.8, 4) is 0 Å². The van der Waals surface area contributed by atoms with E-state index in [9.17, 15) is 14.3 Å². The molecule has 2 atom stereocenters. The number of aliphatic hydroxyl groups is 1. The maximum atomic E-state index is 13.8. The average molecular weight is 455 g/mol. The van der Waals surface area contributed by atoms with E-state index in [2.05, 4.69) is 25.5 Å². The van der Waals surface area contributed by atoms with Crippen LogP contribution in [0.25, 0.3) is 0 Å². The van der Waals surface area contributed by atoms with E-state index < -0.39 is 17.8 Å². The average Bonchev–Trinajstić information content (AvgIpc) is 3.45. The Morgan fingerprint density at radius 2 is 2.12 bits per heavy atom. The molecule has 2 N–H and O–H groups in total. The number of pyridine rings is 1. The number of hydrogen-bond acceptors (Lipinski definition) is 8. The summed E-state index contributed by atoms with van der Waals surface area (Å²) in [6, 6.07) is 9.23. The second kappa shape index (κ2) is 8.18. The van der Waals surface area contributed by atoms with Gasteiger partial charge in [0.15, 0.2) is 0 Å². The smallest absolute Gasteiger partial charge is 0.210 e. The molecule has 2 unspecified atom stereocenters. The van der Waals surface area contributed by atoms with Crippen molar-refractivity contribution in [3.05, 3.63) is 64.5 Å². The molecule has 0 bridgehead atoms. The normalized spacial score (nSPS) is 29.5. The zero-order valence-corrected chi connectivity index (χ0v) is 18.1. The van der Waals surface area contributed by atoms with Crippen LogP contribution in [0.1, 0.15) is 35.5 Å². The van der Waals surface area contributed by atoms with Crippen LogP contribution in [0.5, 0.6) is 0 Å². The standard InChI is InChI=1S/C22H23FN6O2S/c23-15-9-21(10-15,16-3-1-2-7-25-16)12-26-20-5-4-17(27-28-20)22(19-11-24-13-32-19)18(31)6-8-29(22)14-30/h1-5,7,11,13-15,18,31H,6,8-10,12H2,(H,26,28). The fourth-order valence-electron chi connectivity index (χ4n) is 4.93. The molecule has 0 aromatic carbocycles. The van der Waals surface area contributed by atoms with Crippen molar-refractivity contribution in [1.29, 1.82) is 0 Å². The lowest BCUT2D eigenvalue weighted by Gasteiger charge is -2.44. The first-order valence-corrected chi connectivity index (χ1v) is 11.4. The van der Waals surface area contributed by atoms with E-state index in [1.807, 2.05) is 18.2 Å². The van der Waals surface area contributed by atoms with Crippen LogP contribution in [0, 0.1) is 0 Å². The third-order valence-corrected chi connectivity index (χ3v) is 7.51. The number of likely N-dealkylation sites (tertiary alicyclic amines) is 1. The van der Waals surface area contributed by atoms with E-state index in [0.29, 0.717) is 43.9 Å². The van der Waals surface area contributed by atoms with Gasteiger partial charge in [0.25, 0.3) is 0 Å². The van der Waals surface area contributed by atoms with Gasteiger partial charge >= 0.3 is 0 Å². The number of thiazole rings is 1. The highest BCUT2D eigenvalue weighted by Crippen LogP contribution is 2.46. The first kappa shape index (κ1) is 20.9. The predicted octanol–water partition coefficient (Wildman–Crippen LogP) is 2.28. The van der Waals surface area contributed by atoms with E-state index in [1.54, 1.807) is 34.9 Å². The molecule has 10 heteroatoms. The number of carbonyl (C=O) groups is 1. The SMILES string of the molecule is O=CN1CCC(O)C1(c1ccc(NCC2(c3ccccn3)CC(F)C2)nn1)c1cncs1. The molecule has 3 aromatic heterocycles. The molecule has 0 radical (unpaired) electrons. The summed E-state index contributed by atoms with van der Waals surface area (Å²) in [6.45, 7) is 0.906. The summed E-state index contributed by atoms with van der Waals surface area (Å²) in [5, 5.41) is 22.9. The second-order valence-electron chi connectivity index (χ2n) is 8.39. The Labute approximate surface area is 188 Å². The summed E-state index contributed by atoms with van der Waals surface area (Å²) in [5.41, 5.74) is 1.55. The Morgan fingerprint density at radius 3 is 2.75 bits per heavy atom. The maximum Gasteiger partial charge on any atom is 0.210 e. The minimum atomic E-state index is -1.10. The first-order valence-electron chi connectivity index (χ1n) is 10.5. The molecular formula is C22H23FN6O2S. The summed E-state index contributed by atoms with van der Waals surface area (Å²) >= 11 is 1.37. The second-order valence-corrected chi connectivity index (χ2v) is 9.28. The Morgan fingerprint density at radius 1 is 1.25 bits per heavy atom. The molecule has 3 aromatic rings. The molecule has 2 aliphatic rings. The number of aromatic nitrogens is 4. The zero-order chi connectivity index (χ0) is 22.2. The minimum absolute atomic E-state index is 0.374. The fourth-order valence-corrected chi connectivity index (χ4v) is 5.82. The fraction of sp³-hybridized carbons (Fsp3) is 0.409. The Bertz CT molecular complexity index is 1060. The number of nitrogens with zero attached hydrogens (tertiary/aromatic N) is 5. The number of hydrogen-bond donors (Lipinski definition) is 2. The highest BCUT2D eigenvalue weighted by Gasteiger charge is 2.53. The molecule has 1 aliphatic carbocycles. The monoisotopic (exact) mass is 454 g/mol. The van der Waals surface area contributed by atoms with Gasteiger partial charge in [-0.25, -0.2) is 4.39 Å². The lowest BCUT2D eigenvalue weighted by atomic mass is 9.65. The van der Waals surface area contributed by atoms with Crippen LogP contribution in [-0.2, 0) is 15.7 Å². The van der Waals surface area contributed by atoms with Crippen molar-refractivity contribution in [1.82, 2.24) is 25.1 Å². The van der Waals surface area contributed by atoms with Crippen molar-refractivity contribution >= 4 is 23.6 Å². The molecule has 1 aliphatic heterocycles. The molecule has 2 fully saturated rings. The van der Waals surface area contributed by atoms with Gasteiger partial charge in [0.05, 0.1) is 22.2 Å². The van der Waals surface area contributed by atoms with E-state index in [0.717, 1.165) is 17.0 Å². The number of anilines is 1. The van der Waals surface area contributed by atoms with Crippen LogP contribution < -0.4 is 5.32 Å². The van der Waals surface area contributed by atoms with Gasteiger partial charge in [-0.05, 0) is 43.5 Å². The number of rotatable bonds is 7. The van der Waals surface area contributed by atoms with Gasteiger partial charge in [0.2, 0.25) is 6.41 Å². The van der Waals surface area contributed by atoms with E-state index in [4.69, 9.17) is 0 Å². The van der Waals surface area contributed by atoms with Crippen molar-refractivity contribution in [2.75, 3.05) is 18.4 Å². The van der Waals surface area contributed by atoms with Crippen LogP contribution in [0.4, 0.5) is 10.2 Å². The van der Waals surface area contributed by atoms with Crippen molar-refractivity contribution in [2.45, 2.75) is 42.5 Å². The number of carbonyl (C=O) groups excluding carboxylic acids is 1. The molecular weight excluding hydrogens is 431 g/mol. The molecule has 166 valence electrons. The first-order chi connectivity index (χ1) is 15.6. The van der Waals surface area contributed by atoms with E-state index in [-0.39, 0.29) is 5.41 Å². The molecule has 1 amide bonds. The van der Waals surface area contributed by atoms with Crippen LogP contribution in [0.3, 0.4) is 0 Å². The lowest BCUT2D eigenvalue weighted by Crippen LogP contribution is -2.49. The number of alkyl halides is 1. The Hall–Kier alpha value is -2.98. The van der Waals surface area contributed by atoms with Gasteiger partial charge in [-0.1, -0.05) is 6.07 Å². The number of nitrogens with one attached hydrogen (secondary N) is 1. The quantitative estimate of drug-likeness (QED) is 0.528. The molecule has 1 saturated heterocycles.